The van der Waals surface area contributed by atoms with Gasteiger partial charge in [0, 0.05) is 34.6 Å². The van der Waals surface area contributed by atoms with E-state index in [0.717, 1.165) is 27.7 Å². The van der Waals surface area contributed by atoms with Crippen molar-refractivity contribution in [2.45, 2.75) is 44.9 Å². The normalized spacial score (nSPS) is 13.9. The monoisotopic (exact) mass is 427 g/mol. The van der Waals surface area contributed by atoms with E-state index in [1.165, 1.54) is 18.2 Å². The van der Waals surface area contributed by atoms with Gasteiger partial charge in [-0.15, -0.1) is 0 Å². The molecule has 0 aliphatic carbocycles. The smallest absolute Gasteiger partial charge is 0.305 e. The number of aromatic nitrogens is 1. The van der Waals surface area contributed by atoms with Gasteiger partial charge in [0.2, 0.25) is 0 Å². The van der Waals surface area contributed by atoms with Crippen molar-refractivity contribution in [3.63, 3.8) is 0 Å². The molecule has 0 amide bonds. The fraction of sp³-hybridized carbons (Fsp3) is 0.292. The summed E-state index contributed by atoms with van der Waals surface area (Å²) in [5, 5.41) is 39.7. The van der Waals surface area contributed by atoms with Crippen LogP contribution >= 0.6 is 0 Å². The number of phenols is 1. The minimum atomic E-state index is -1.17. The average Bonchev–Trinajstić information content (AvgIpc) is 2.99. The van der Waals surface area contributed by atoms with Crippen LogP contribution in [0.5, 0.6) is 5.75 Å². The summed E-state index contributed by atoms with van der Waals surface area (Å²) in [6.07, 6.45) is 0.442. The first-order valence-corrected chi connectivity index (χ1v) is 10.1. The molecule has 0 saturated carbocycles. The fourth-order valence-electron chi connectivity index (χ4n) is 3.81. The number of phenolic OH excluding ortho intramolecular Hbond substituents is 1. The van der Waals surface area contributed by atoms with Gasteiger partial charge in [0.25, 0.3) is 0 Å². The van der Waals surface area contributed by atoms with Crippen molar-refractivity contribution >= 4 is 22.9 Å². The number of nitrogens with zero attached hydrogens (tertiary/aromatic N) is 1. The van der Waals surface area contributed by atoms with E-state index in [1.54, 1.807) is 30.3 Å². The molecular weight excluding hydrogens is 401 g/mol. The lowest BCUT2D eigenvalue weighted by molar-refractivity contribution is -0.139. The molecule has 2 aromatic carbocycles. The number of aliphatic carboxylic acids is 1. The third-order valence-corrected chi connectivity index (χ3v) is 5.07. The van der Waals surface area contributed by atoms with Crippen molar-refractivity contribution < 1.29 is 29.6 Å². The van der Waals surface area contributed by atoms with Crippen LogP contribution < -0.4 is 0 Å². The maximum Gasteiger partial charge on any atom is 0.305 e. The number of rotatable bonds is 8. The molecule has 0 aliphatic rings. The largest absolute Gasteiger partial charge is 0.508 e. The van der Waals surface area contributed by atoms with Gasteiger partial charge >= 0.3 is 5.97 Å². The summed E-state index contributed by atoms with van der Waals surface area (Å²) in [5.74, 6) is -1.40. The molecule has 0 spiro atoms. The molecule has 1 heterocycles. The van der Waals surface area contributed by atoms with E-state index in [0.29, 0.717) is 0 Å². The molecule has 0 fully saturated rings. The lowest BCUT2D eigenvalue weighted by atomic mass is 10.0. The Morgan fingerprint density at radius 2 is 1.81 bits per heavy atom. The Labute approximate surface area is 179 Å². The molecule has 0 aliphatic heterocycles. The van der Waals surface area contributed by atoms with Crippen LogP contribution in [0.25, 0.3) is 28.1 Å². The number of aliphatic hydroxyl groups is 2. The first-order chi connectivity index (χ1) is 14.7. The highest BCUT2D eigenvalue weighted by atomic mass is 19.1. The molecule has 0 unspecified atom stereocenters. The van der Waals surface area contributed by atoms with E-state index < -0.39 is 24.6 Å². The Bertz CT molecular complexity index is 1100. The number of carboxylic acids is 1. The van der Waals surface area contributed by atoms with Crippen LogP contribution in [0.3, 0.4) is 0 Å². The topological polar surface area (TPSA) is 103 Å². The number of hydrogen-bond acceptors (Lipinski definition) is 4. The number of halogens is 1. The number of carboxylic acid groups (broad SMARTS) is 1. The van der Waals surface area contributed by atoms with E-state index in [-0.39, 0.29) is 24.0 Å². The molecule has 0 bridgehead atoms. The molecule has 31 heavy (non-hydrogen) atoms. The van der Waals surface area contributed by atoms with Crippen molar-refractivity contribution in [1.82, 2.24) is 4.57 Å². The summed E-state index contributed by atoms with van der Waals surface area (Å²) in [7, 11) is 0. The van der Waals surface area contributed by atoms with Crippen molar-refractivity contribution in [1.29, 1.82) is 0 Å². The zero-order chi connectivity index (χ0) is 22.7. The summed E-state index contributed by atoms with van der Waals surface area (Å²) in [4.78, 5) is 10.7. The highest BCUT2D eigenvalue weighted by Gasteiger charge is 2.20. The van der Waals surface area contributed by atoms with Gasteiger partial charge in [-0.25, -0.2) is 4.39 Å². The average molecular weight is 427 g/mol. The van der Waals surface area contributed by atoms with Crippen molar-refractivity contribution in [3.05, 3.63) is 60.1 Å². The Balaban J connectivity index is 2.12. The minimum absolute atomic E-state index is 0.0376. The molecule has 0 saturated heterocycles. The van der Waals surface area contributed by atoms with E-state index >= 15 is 0 Å². The molecule has 164 valence electrons. The van der Waals surface area contributed by atoms with Gasteiger partial charge < -0.3 is 25.0 Å². The fourth-order valence-corrected chi connectivity index (χ4v) is 3.81. The molecule has 0 radical (unpaired) electrons. The van der Waals surface area contributed by atoms with Gasteiger partial charge in [0.05, 0.1) is 18.6 Å². The van der Waals surface area contributed by atoms with Crippen LogP contribution in [0, 0.1) is 5.82 Å². The van der Waals surface area contributed by atoms with Crippen LogP contribution in [-0.2, 0) is 4.79 Å². The highest BCUT2D eigenvalue weighted by molar-refractivity contribution is 6.01. The number of benzene rings is 2. The van der Waals surface area contributed by atoms with Crippen molar-refractivity contribution in [2.75, 3.05) is 0 Å². The number of carbonyl (C=O) groups is 1. The summed E-state index contributed by atoms with van der Waals surface area (Å²) >= 11 is 0. The van der Waals surface area contributed by atoms with Crippen LogP contribution in [0.2, 0.25) is 0 Å². The van der Waals surface area contributed by atoms with E-state index in [1.807, 2.05) is 24.5 Å². The molecule has 4 N–H and O–H groups in total. The number of aliphatic hydroxyl groups excluding tert-OH is 2. The van der Waals surface area contributed by atoms with E-state index in [9.17, 15) is 24.5 Å². The predicted molar refractivity (Wildman–Crippen MR) is 117 cm³/mol. The van der Waals surface area contributed by atoms with Gasteiger partial charge in [-0.1, -0.05) is 18.2 Å². The first kappa shape index (κ1) is 22.5. The Morgan fingerprint density at radius 3 is 2.42 bits per heavy atom. The van der Waals surface area contributed by atoms with Crippen LogP contribution in [0.1, 0.15) is 38.4 Å². The Morgan fingerprint density at radius 1 is 1.13 bits per heavy atom. The molecule has 2 atom stereocenters. The maximum absolute atomic E-state index is 13.5. The van der Waals surface area contributed by atoms with Gasteiger partial charge in [-0.2, -0.15) is 0 Å². The van der Waals surface area contributed by atoms with Crippen LogP contribution in [0.15, 0.2) is 48.5 Å². The standard InChI is InChI=1S/C24H26FNO5/c1-14(2)26-21-9-7-18(28)12-20(21)24(15-3-5-16(25)6-4-15)22(26)10-8-17(27)11-19(29)13-23(30)31/h3-10,12,14,17,19,27-29H,11,13H2,1-2H3,(H,30,31)/b10-8+/t17-,19-/m1/s1. The summed E-state index contributed by atoms with van der Waals surface area (Å²) < 4.78 is 15.6. The van der Waals surface area contributed by atoms with E-state index in [2.05, 4.69) is 0 Å². The molecule has 7 heteroatoms. The third kappa shape index (κ3) is 5.13. The third-order valence-electron chi connectivity index (χ3n) is 5.07. The summed E-state index contributed by atoms with van der Waals surface area (Å²) in [6.45, 7) is 4.01. The summed E-state index contributed by atoms with van der Waals surface area (Å²) in [6, 6.07) is 11.1. The number of aromatic hydroxyl groups is 1. The second-order valence-electron chi connectivity index (χ2n) is 7.85. The zero-order valence-corrected chi connectivity index (χ0v) is 17.4. The van der Waals surface area contributed by atoms with Crippen molar-refractivity contribution in [3.8, 4) is 16.9 Å². The lowest BCUT2D eigenvalue weighted by Gasteiger charge is -2.15. The van der Waals surface area contributed by atoms with Gasteiger partial charge in [-0.3, -0.25) is 4.79 Å². The van der Waals surface area contributed by atoms with Gasteiger partial charge in [-0.05, 0) is 55.8 Å². The maximum atomic E-state index is 13.5. The van der Waals surface area contributed by atoms with Crippen LogP contribution in [0.4, 0.5) is 4.39 Å². The first-order valence-electron chi connectivity index (χ1n) is 10.1. The second kappa shape index (κ2) is 9.32. The van der Waals surface area contributed by atoms with E-state index in [4.69, 9.17) is 5.11 Å². The summed E-state index contributed by atoms with van der Waals surface area (Å²) in [5.41, 5.74) is 3.13. The van der Waals surface area contributed by atoms with Crippen molar-refractivity contribution in [2.24, 2.45) is 0 Å². The highest BCUT2D eigenvalue weighted by Crippen LogP contribution is 2.39. The second-order valence-corrected chi connectivity index (χ2v) is 7.85. The van der Waals surface area contributed by atoms with Gasteiger partial charge in [0.15, 0.2) is 0 Å². The molecule has 3 rings (SSSR count). The van der Waals surface area contributed by atoms with Crippen LogP contribution in [-0.4, -0.2) is 43.2 Å². The minimum Gasteiger partial charge on any atom is -0.508 e. The Kier molecular flexibility index (Phi) is 6.77. The number of hydrogen-bond donors (Lipinski definition) is 4. The van der Waals surface area contributed by atoms with Gasteiger partial charge in [0.1, 0.15) is 11.6 Å². The zero-order valence-electron chi connectivity index (χ0n) is 17.4. The SMILES string of the molecule is CC(C)n1c(/C=C/[C@@H](O)C[C@@H](O)CC(=O)O)c(-c2ccc(F)cc2)c2cc(O)ccc21. The number of fused-ring (bicyclic) bond motifs is 1. The molecule has 3 aromatic rings. The molecular formula is C24H26FNO5. The Hall–Kier alpha value is -3.16. The lowest BCUT2D eigenvalue weighted by Crippen LogP contribution is -2.19. The predicted octanol–water partition coefficient (Wildman–Crippen LogP) is 4.33. The molecule has 1 aromatic heterocycles. The quantitative estimate of drug-likeness (QED) is 0.428. The molecule has 6 nitrogen and oxygen atoms in total.